The SMILES string of the molecule is CC1(C)C[C@H](N)c2cc(C(=O)O)ccc2O1. The van der Waals surface area contributed by atoms with E-state index in [0.717, 1.165) is 5.56 Å². The summed E-state index contributed by atoms with van der Waals surface area (Å²) in [6, 6.07) is 4.64. The standard InChI is InChI=1S/C12H15NO3/c1-12(2)6-9(13)8-5-7(11(14)15)3-4-10(8)16-12/h3-5,9H,6,13H2,1-2H3,(H,14,15)/t9-/m0/s1. The molecule has 1 aromatic rings. The van der Waals surface area contributed by atoms with Crippen LogP contribution in [0.3, 0.4) is 0 Å². The lowest BCUT2D eigenvalue weighted by Crippen LogP contribution is -2.37. The number of carboxylic acids is 1. The van der Waals surface area contributed by atoms with Crippen LogP contribution >= 0.6 is 0 Å². The van der Waals surface area contributed by atoms with Crippen molar-refractivity contribution in [2.75, 3.05) is 0 Å². The van der Waals surface area contributed by atoms with Crippen molar-refractivity contribution in [2.45, 2.75) is 31.9 Å². The molecule has 1 aromatic carbocycles. The summed E-state index contributed by atoms with van der Waals surface area (Å²) in [5.41, 5.74) is 6.75. The van der Waals surface area contributed by atoms with E-state index in [1.807, 2.05) is 13.8 Å². The molecule has 0 amide bonds. The molecule has 4 heteroatoms. The molecule has 0 saturated carbocycles. The molecule has 0 fully saturated rings. The smallest absolute Gasteiger partial charge is 0.335 e. The molecule has 0 unspecified atom stereocenters. The number of carboxylic acid groups (broad SMARTS) is 1. The van der Waals surface area contributed by atoms with Crippen LogP contribution in [0.25, 0.3) is 0 Å². The molecule has 0 radical (unpaired) electrons. The van der Waals surface area contributed by atoms with E-state index in [1.54, 1.807) is 12.1 Å². The van der Waals surface area contributed by atoms with Gasteiger partial charge in [-0.3, -0.25) is 0 Å². The minimum Gasteiger partial charge on any atom is -0.487 e. The van der Waals surface area contributed by atoms with E-state index in [0.29, 0.717) is 12.2 Å². The number of benzene rings is 1. The van der Waals surface area contributed by atoms with Crippen molar-refractivity contribution < 1.29 is 14.6 Å². The first-order valence-electron chi connectivity index (χ1n) is 5.21. The Labute approximate surface area is 94.0 Å². The van der Waals surface area contributed by atoms with E-state index >= 15 is 0 Å². The zero-order chi connectivity index (χ0) is 11.9. The summed E-state index contributed by atoms with van der Waals surface area (Å²) >= 11 is 0. The Morgan fingerprint density at radius 2 is 2.25 bits per heavy atom. The van der Waals surface area contributed by atoms with Crippen molar-refractivity contribution in [3.8, 4) is 5.75 Å². The lowest BCUT2D eigenvalue weighted by atomic mass is 9.89. The summed E-state index contributed by atoms with van der Waals surface area (Å²) in [6.07, 6.45) is 0.684. The molecule has 1 atom stereocenters. The van der Waals surface area contributed by atoms with Gasteiger partial charge in [0.2, 0.25) is 0 Å². The third kappa shape index (κ3) is 1.88. The van der Waals surface area contributed by atoms with Crippen molar-refractivity contribution >= 4 is 5.97 Å². The minimum atomic E-state index is -0.945. The Morgan fingerprint density at radius 1 is 1.56 bits per heavy atom. The van der Waals surface area contributed by atoms with Gasteiger partial charge in [0.05, 0.1) is 5.56 Å². The lowest BCUT2D eigenvalue weighted by Gasteiger charge is -2.36. The molecule has 1 aliphatic heterocycles. The highest BCUT2D eigenvalue weighted by molar-refractivity contribution is 5.88. The molecule has 16 heavy (non-hydrogen) atoms. The second kappa shape index (κ2) is 3.49. The first-order valence-corrected chi connectivity index (χ1v) is 5.21. The van der Waals surface area contributed by atoms with Crippen molar-refractivity contribution in [2.24, 2.45) is 5.73 Å². The monoisotopic (exact) mass is 221 g/mol. The zero-order valence-electron chi connectivity index (χ0n) is 9.36. The van der Waals surface area contributed by atoms with Crippen LogP contribution < -0.4 is 10.5 Å². The molecule has 2 rings (SSSR count). The number of nitrogens with two attached hydrogens (primary N) is 1. The number of ether oxygens (including phenoxy) is 1. The van der Waals surface area contributed by atoms with Crippen LogP contribution in [0.2, 0.25) is 0 Å². The maximum atomic E-state index is 10.8. The third-order valence-electron chi connectivity index (χ3n) is 2.75. The quantitative estimate of drug-likeness (QED) is 0.760. The first kappa shape index (κ1) is 11.0. The summed E-state index contributed by atoms with van der Waals surface area (Å²) in [6.45, 7) is 3.95. The summed E-state index contributed by atoms with van der Waals surface area (Å²) in [4.78, 5) is 10.8. The first-order chi connectivity index (χ1) is 7.39. The highest BCUT2D eigenvalue weighted by Crippen LogP contribution is 2.38. The predicted molar refractivity (Wildman–Crippen MR) is 59.7 cm³/mol. The fourth-order valence-electron chi connectivity index (χ4n) is 2.04. The van der Waals surface area contributed by atoms with E-state index in [9.17, 15) is 4.79 Å². The molecule has 0 aromatic heterocycles. The second-order valence-electron chi connectivity index (χ2n) is 4.73. The molecular weight excluding hydrogens is 206 g/mol. The Hall–Kier alpha value is -1.55. The number of hydrogen-bond donors (Lipinski definition) is 2. The van der Waals surface area contributed by atoms with Gasteiger partial charge >= 0.3 is 5.97 Å². The van der Waals surface area contributed by atoms with Gasteiger partial charge in [-0.05, 0) is 32.0 Å². The Kier molecular flexibility index (Phi) is 2.39. The zero-order valence-corrected chi connectivity index (χ0v) is 9.36. The minimum absolute atomic E-state index is 0.168. The highest BCUT2D eigenvalue weighted by Gasteiger charge is 2.32. The number of fused-ring (bicyclic) bond motifs is 1. The highest BCUT2D eigenvalue weighted by atomic mass is 16.5. The maximum Gasteiger partial charge on any atom is 0.335 e. The van der Waals surface area contributed by atoms with E-state index in [4.69, 9.17) is 15.6 Å². The second-order valence-corrected chi connectivity index (χ2v) is 4.73. The van der Waals surface area contributed by atoms with Crippen LogP contribution in [0, 0.1) is 0 Å². The van der Waals surface area contributed by atoms with Gasteiger partial charge in [-0.1, -0.05) is 0 Å². The number of carbonyl (C=O) groups is 1. The van der Waals surface area contributed by atoms with Crippen LogP contribution in [0.4, 0.5) is 0 Å². The van der Waals surface area contributed by atoms with Crippen LogP contribution in [-0.4, -0.2) is 16.7 Å². The molecule has 0 spiro atoms. The summed E-state index contributed by atoms with van der Waals surface area (Å²) in [5, 5.41) is 8.89. The van der Waals surface area contributed by atoms with E-state index in [-0.39, 0.29) is 17.2 Å². The molecule has 1 aliphatic rings. The molecule has 1 heterocycles. The van der Waals surface area contributed by atoms with Crippen molar-refractivity contribution in [3.05, 3.63) is 29.3 Å². The molecule has 3 N–H and O–H groups in total. The predicted octanol–water partition coefficient (Wildman–Crippen LogP) is 1.95. The van der Waals surface area contributed by atoms with Crippen LogP contribution in [0.15, 0.2) is 18.2 Å². The molecule has 0 bridgehead atoms. The van der Waals surface area contributed by atoms with Gasteiger partial charge in [-0.15, -0.1) is 0 Å². The lowest BCUT2D eigenvalue weighted by molar-refractivity contribution is 0.0690. The summed E-state index contributed by atoms with van der Waals surface area (Å²) < 4.78 is 5.75. The molecule has 4 nitrogen and oxygen atoms in total. The van der Waals surface area contributed by atoms with Gasteiger partial charge < -0.3 is 15.6 Å². The Morgan fingerprint density at radius 3 is 2.88 bits per heavy atom. The molecule has 0 saturated heterocycles. The number of rotatable bonds is 1. The Bertz CT molecular complexity index is 440. The van der Waals surface area contributed by atoms with Crippen molar-refractivity contribution in [1.29, 1.82) is 0 Å². The van der Waals surface area contributed by atoms with E-state index < -0.39 is 5.97 Å². The van der Waals surface area contributed by atoms with E-state index in [1.165, 1.54) is 6.07 Å². The fourth-order valence-corrected chi connectivity index (χ4v) is 2.04. The van der Waals surface area contributed by atoms with Gasteiger partial charge in [0.1, 0.15) is 11.4 Å². The van der Waals surface area contributed by atoms with Gasteiger partial charge in [0, 0.05) is 18.0 Å². The third-order valence-corrected chi connectivity index (χ3v) is 2.75. The van der Waals surface area contributed by atoms with Crippen LogP contribution in [0.1, 0.15) is 42.2 Å². The molecule has 86 valence electrons. The van der Waals surface area contributed by atoms with Crippen molar-refractivity contribution in [1.82, 2.24) is 0 Å². The van der Waals surface area contributed by atoms with E-state index in [2.05, 4.69) is 0 Å². The fraction of sp³-hybridized carbons (Fsp3) is 0.417. The van der Waals surface area contributed by atoms with Gasteiger partial charge in [-0.25, -0.2) is 4.79 Å². The summed E-state index contributed by atoms with van der Waals surface area (Å²) in [5.74, 6) is -0.256. The van der Waals surface area contributed by atoms with Gasteiger partial charge in [0.25, 0.3) is 0 Å². The average molecular weight is 221 g/mol. The topological polar surface area (TPSA) is 72.6 Å². The van der Waals surface area contributed by atoms with Crippen LogP contribution in [-0.2, 0) is 0 Å². The van der Waals surface area contributed by atoms with Crippen LogP contribution in [0.5, 0.6) is 5.75 Å². The average Bonchev–Trinajstić information content (AvgIpc) is 2.15. The number of aromatic carboxylic acids is 1. The molecule has 0 aliphatic carbocycles. The van der Waals surface area contributed by atoms with Gasteiger partial charge in [0.15, 0.2) is 0 Å². The Balaban J connectivity index is 2.45. The summed E-state index contributed by atoms with van der Waals surface area (Å²) in [7, 11) is 0. The number of hydrogen-bond acceptors (Lipinski definition) is 3. The normalized spacial score (nSPS) is 22.1. The molecular formula is C12H15NO3. The van der Waals surface area contributed by atoms with Gasteiger partial charge in [-0.2, -0.15) is 0 Å². The maximum absolute atomic E-state index is 10.8. The largest absolute Gasteiger partial charge is 0.487 e. The van der Waals surface area contributed by atoms with Crippen molar-refractivity contribution in [3.63, 3.8) is 0 Å².